The van der Waals surface area contributed by atoms with E-state index in [-0.39, 0.29) is 29.6 Å². The normalized spacial score (nSPS) is 15.8. The summed E-state index contributed by atoms with van der Waals surface area (Å²) in [6.07, 6.45) is 2.67. The van der Waals surface area contributed by atoms with E-state index in [0.717, 1.165) is 16.5 Å². The Balaban J connectivity index is 1.73. The van der Waals surface area contributed by atoms with Crippen molar-refractivity contribution in [1.82, 2.24) is 19.3 Å². The topological polar surface area (TPSA) is 96.4 Å². The molecule has 1 unspecified atom stereocenters. The fourth-order valence-electron chi connectivity index (χ4n) is 4.71. The lowest BCUT2D eigenvalue weighted by atomic mass is 9.95. The molecule has 0 spiro atoms. The van der Waals surface area contributed by atoms with E-state index < -0.39 is 0 Å². The summed E-state index contributed by atoms with van der Waals surface area (Å²) in [5.74, 6) is 0.0103. The van der Waals surface area contributed by atoms with Gasteiger partial charge in [0.1, 0.15) is 5.75 Å². The molecule has 0 fully saturated rings. The number of rotatable bonds is 4. The van der Waals surface area contributed by atoms with Crippen LogP contribution in [0.15, 0.2) is 42.6 Å². The molecule has 164 valence electrons. The van der Waals surface area contributed by atoms with Gasteiger partial charge in [0.2, 0.25) is 5.91 Å². The molecule has 3 heterocycles. The zero-order valence-electron chi connectivity index (χ0n) is 18.4. The van der Waals surface area contributed by atoms with Crippen LogP contribution < -0.4 is 4.90 Å². The van der Waals surface area contributed by atoms with Crippen molar-refractivity contribution in [2.75, 3.05) is 11.9 Å². The molecular weight excluding hydrogens is 406 g/mol. The zero-order chi connectivity index (χ0) is 22.7. The van der Waals surface area contributed by atoms with Crippen molar-refractivity contribution in [1.29, 1.82) is 0 Å². The molecular formula is C24H25N5O3. The fourth-order valence-corrected chi connectivity index (χ4v) is 4.71. The molecule has 2 aromatic carbocycles. The number of amides is 1. The molecule has 0 bridgehead atoms. The quantitative estimate of drug-likeness (QED) is 0.501. The Bertz CT molecular complexity index is 1370. The number of hydrogen-bond acceptors (Lipinski definition) is 5. The Morgan fingerprint density at radius 2 is 1.88 bits per heavy atom. The predicted molar refractivity (Wildman–Crippen MR) is 122 cm³/mol. The van der Waals surface area contributed by atoms with Crippen molar-refractivity contribution in [2.45, 2.75) is 39.2 Å². The monoisotopic (exact) mass is 431 g/mol. The summed E-state index contributed by atoms with van der Waals surface area (Å²) in [6, 6.07) is 11.2. The summed E-state index contributed by atoms with van der Waals surface area (Å²) in [5.41, 5.74) is 3.67. The first-order valence-electron chi connectivity index (χ1n) is 10.7. The number of hydrogen-bond donors (Lipinski definition) is 2. The van der Waals surface area contributed by atoms with Gasteiger partial charge in [-0.1, -0.05) is 18.1 Å². The standard InChI is InChI=1S/C24H25N5O3/c1-5-14-16-11-17(21(30)12-20(16)27(4)23(14)31)22-25-26-24(32)29(22)19-8-6-7-18-15(19)9-10-28(18)13(2)3/h6-14,30H,5H2,1-4H3,(H,26,32). The number of aromatic nitrogens is 4. The molecule has 0 saturated carbocycles. The minimum absolute atomic E-state index is 0.00292. The lowest BCUT2D eigenvalue weighted by Gasteiger charge is -2.14. The third-order valence-corrected chi connectivity index (χ3v) is 6.34. The Morgan fingerprint density at radius 3 is 2.59 bits per heavy atom. The van der Waals surface area contributed by atoms with Gasteiger partial charge in [-0.15, -0.1) is 5.10 Å². The number of carbonyl (C=O) groups is 1. The van der Waals surface area contributed by atoms with Gasteiger partial charge < -0.3 is 19.7 Å². The predicted octanol–water partition coefficient (Wildman–Crippen LogP) is 4.35. The van der Waals surface area contributed by atoms with E-state index in [1.165, 1.54) is 4.57 Å². The zero-order valence-corrected chi connectivity index (χ0v) is 18.4. The highest BCUT2D eigenvalue weighted by Gasteiger charge is 2.35. The van der Waals surface area contributed by atoms with E-state index >= 15 is 0 Å². The van der Waals surface area contributed by atoms with Crippen molar-refractivity contribution < 1.29 is 15.0 Å². The summed E-state index contributed by atoms with van der Waals surface area (Å²) in [7, 11) is 1.71. The first-order chi connectivity index (χ1) is 15.3. The second kappa shape index (κ2) is 7.12. The Hall–Kier alpha value is -3.81. The highest BCUT2D eigenvalue weighted by atomic mass is 16.3. The van der Waals surface area contributed by atoms with Gasteiger partial charge in [0.05, 0.1) is 28.4 Å². The van der Waals surface area contributed by atoms with E-state index in [9.17, 15) is 15.0 Å². The van der Waals surface area contributed by atoms with Gasteiger partial charge in [-0.25, -0.2) is 4.57 Å². The summed E-state index contributed by atoms with van der Waals surface area (Å²) in [6.45, 7) is 6.18. The maximum Gasteiger partial charge on any atom is 0.319 e. The average molecular weight is 431 g/mol. The molecule has 32 heavy (non-hydrogen) atoms. The number of benzene rings is 2. The molecule has 1 atom stereocenters. The van der Waals surface area contributed by atoms with Crippen molar-refractivity contribution >= 4 is 22.5 Å². The number of aromatic hydroxyl groups is 2. The van der Waals surface area contributed by atoms with Crippen LogP contribution in [-0.4, -0.2) is 42.5 Å². The van der Waals surface area contributed by atoms with Crippen molar-refractivity contribution in [2.24, 2.45) is 0 Å². The van der Waals surface area contributed by atoms with Gasteiger partial charge in [-0.05, 0) is 50.1 Å². The average Bonchev–Trinajstić information content (AvgIpc) is 3.43. The highest BCUT2D eigenvalue weighted by Crippen LogP contribution is 2.45. The van der Waals surface area contributed by atoms with Gasteiger partial charge in [0, 0.05) is 30.7 Å². The van der Waals surface area contributed by atoms with Crippen molar-refractivity contribution in [3.63, 3.8) is 0 Å². The molecule has 0 aliphatic carbocycles. The maximum absolute atomic E-state index is 12.6. The summed E-state index contributed by atoms with van der Waals surface area (Å²) in [5, 5.41) is 30.5. The van der Waals surface area contributed by atoms with Crippen LogP contribution in [-0.2, 0) is 4.79 Å². The Kier molecular flexibility index (Phi) is 4.47. The lowest BCUT2D eigenvalue weighted by Crippen LogP contribution is -2.23. The largest absolute Gasteiger partial charge is 0.507 e. The molecule has 4 aromatic rings. The van der Waals surface area contributed by atoms with E-state index in [1.54, 1.807) is 24.1 Å². The molecule has 1 aliphatic heterocycles. The van der Waals surface area contributed by atoms with E-state index in [2.05, 4.69) is 28.6 Å². The second-order valence-corrected chi connectivity index (χ2v) is 8.47. The van der Waals surface area contributed by atoms with Crippen LogP contribution in [0.3, 0.4) is 0 Å². The highest BCUT2D eigenvalue weighted by molar-refractivity contribution is 6.05. The number of anilines is 1. The number of carbonyl (C=O) groups excluding carboxylic acids is 1. The summed E-state index contributed by atoms with van der Waals surface area (Å²) in [4.78, 5) is 14.2. The van der Waals surface area contributed by atoms with Gasteiger partial charge in [0.15, 0.2) is 5.82 Å². The molecule has 1 amide bonds. The third-order valence-electron chi connectivity index (χ3n) is 6.34. The summed E-state index contributed by atoms with van der Waals surface area (Å²) >= 11 is 0. The molecule has 5 rings (SSSR count). The van der Waals surface area contributed by atoms with Crippen LogP contribution in [0.1, 0.15) is 44.7 Å². The van der Waals surface area contributed by atoms with E-state index in [4.69, 9.17) is 0 Å². The van der Waals surface area contributed by atoms with Crippen LogP contribution >= 0.6 is 0 Å². The van der Waals surface area contributed by atoms with Crippen molar-refractivity contribution in [3.05, 3.63) is 48.2 Å². The lowest BCUT2D eigenvalue weighted by molar-refractivity contribution is -0.119. The SMILES string of the molecule is CCC1C(=O)N(C)c2cc(O)c(-c3nnc(O)n3-c3cccc4c3ccn4C(C)C)cc21. The van der Waals surface area contributed by atoms with Gasteiger partial charge in [-0.2, -0.15) is 0 Å². The minimum atomic E-state index is -0.275. The molecule has 1 aliphatic rings. The minimum Gasteiger partial charge on any atom is -0.507 e. The maximum atomic E-state index is 12.6. The molecule has 2 N–H and O–H groups in total. The van der Waals surface area contributed by atoms with Crippen LogP contribution in [0.5, 0.6) is 11.8 Å². The van der Waals surface area contributed by atoms with Gasteiger partial charge in [0.25, 0.3) is 0 Å². The first kappa shape index (κ1) is 20.1. The van der Waals surface area contributed by atoms with Crippen LogP contribution in [0, 0.1) is 0 Å². The third kappa shape index (κ3) is 2.72. The number of likely N-dealkylation sites (N-methyl/N-ethyl adjacent to an activating group) is 1. The Labute approximate surface area is 185 Å². The first-order valence-corrected chi connectivity index (χ1v) is 10.7. The number of phenolic OH excluding ortho intramolecular Hbond substituents is 1. The van der Waals surface area contributed by atoms with Crippen LogP contribution in [0.4, 0.5) is 5.69 Å². The molecule has 2 aromatic heterocycles. The molecule has 0 radical (unpaired) electrons. The van der Waals surface area contributed by atoms with E-state index in [0.29, 0.717) is 29.2 Å². The van der Waals surface area contributed by atoms with Gasteiger partial charge in [-0.3, -0.25) is 4.79 Å². The number of phenols is 1. The number of nitrogens with zero attached hydrogens (tertiary/aromatic N) is 5. The Morgan fingerprint density at radius 1 is 1.09 bits per heavy atom. The van der Waals surface area contributed by atoms with Crippen molar-refractivity contribution in [3.8, 4) is 28.8 Å². The molecule has 0 saturated heterocycles. The van der Waals surface area contributed by atoms with Gasteiger partial charge >= 0.3 is 6.01 Å². The fraction of sp³-hybridized carbons (Fsp3) is 0.292. The summed E-state index contributed by atoms with van der Waals surface area (Å²) < 4.78 is 3.69. The number of fused-ring (bicyclic) bond motifs is 2. The van der Waals surface area contributed by atoms with Crippen LogP contribution in [0.25, 0.3) is 28.0 Å². The molecule has 8 heteroatoms. The molecule has 8 nitrogen and oxygen atoms in total. The van der Waals surface area contributed by atoms with Crippen LogP contribution in [0.2, 0.25) is 0 Å². The smallest absolute Gasteiger partial charge is 0.319 e. The van der Waals surface area contributed by atoms with E-state index in [1.807, 2.05) is 37.4 Å². The second-order valence-electron chi connectivity index (χ2n) is 8.47.